The van der Waals surface area contributed by atoms with Crippen molar-refractivity contribution in [2.45, 2.75) is 78.0 Å². The van der Waals surface area contributed by atoms with Gasteiger partial charge in [0, 0.05) is 35.7 Å². The highest BCUT2D eigenvalue weighted by atomic mass is 16.6. The third-order valence-corrected chi connectivity index (χ3v) is 6.96. The van der Waals surface area contributed by atoms with Gasteiger partial charge in [0.25, 0.3) is 0 Å². The van der Waals surface area contributed by atoms with Gasteiger partial charge in [0.1, 0.15) is 5.60 Å². The topological polar surface area (TPSA) is 60.2 Å². The molecule has 1 saturated carbocycles. The molecule has 0 radical (unpaired) electrons. The molecule has 1 aliphatic rings. The number of benzene rings is 2. The average molecular weight is 497 g/mol. The first-order valence-corrected chi connectivity index (χ1v) is 13.3. The van der Waals surface area contributed by atoms with Crippen LogP contribution >= 0.6 is 0 Å². The second-order valence-corrected chi connectivity index (χ2v) is 10.9. The zero-order chi connectivity index (χ0) is 26.0. The summed E-state index contributed by atoms with van der Waals surface area (Å²) >= 11 is 0. The number of ether oxygens (including phenoxy) is 1. The Kier molecular flexibility index (Phi) is 7.00. The number of rotatable bonds is 7. The molecule has 37 heavy (non-hydrogen) atoms. The van der Waals surface area contributed by atoms with Gasteiger partial charge in [0.05, 0.1) is 22.8 Å². The number of aryl methyl sites for hydroxylation is 1. The molecule has 0 amide bonds. The maximum Gasteiger partial charge on any atom is 0.338 e. The van der Waals surface area contributed by atoms with Gasteiger partial charge in [-0.3, -0.25) is 9.67 Å². The van der Waals surface area contributed by atoms with E-state index in [1.807, 2.05) is 57.3 Å². The van der Waals surface area contributed by atoms with Crippen molar-refractivity contribution in [2.24, 2.45) is 0 Å². The van der Waals surface area contributed by atoms with Gasteiger partial charge in [-0.15, -0.1) is 0 Å². The molecule has 0 aliphatic heterocycles. The number of carbonyl (C=O) groups is 1. The van der Waals surface area contributed by atoms with E-state index in [9.17, 15) is 4.79 Å². The lowest BCUT2D eigenvalue weighted by Crippen LogP contribution is -2.24. The highest BCUT2D eigenvalue weighted by molar-refractivity contribution is 5.91. The largest absolute Gasteiger partial charge is 0.456 e. The van der Waals surface area contributed by atoms with Gasteiger partial charge in [0.2, 0.25) is 0 Å². The van der Waals surface area contributed by atoms with E-state index in [0.717, 1.165) is 29.1 Å². The number of carbonyl (C=O) groups excluding carboxylic acids is 1. The highest BCUT2D eigenvalue weighted by Gasteiger charge is 2.23. The molecule has 0 unspecified atom stereocenters. The first-order chi connectivity index (χ1) is 17.8. The molecule has 2 aromatic carbocycles. The van der Waals surface area contributed by atoms with Crippen molar-refractivity contribution in [1.29, 1.82) is 0 Å². The van der Waals surface area contributed by atoms with E-state index >= 15 is 0 Å². The molecule has 1 fully saturated rings. The van der Waals surface area contributed by atoms with E-state index in [1.165, 1.54) is 36.6 Å². The fourth-order valence-electron chi connectivity index (χ4n) is 5.17. The third-order valence-electron chi connectivity index (χ3n) is 6.96. The Labute approximate surface area is 219 Å². The molecular weight excluding hydrogens is 460 g/mol. The molecule has 0 spiro atoms. The minimum atomic E-state index is -0.531. The third kappa shape index (κ3) is 5.53. The SMILES string of the molecule is CCc1nn(C2CCCC2)c2cc(N(Cc3cccnc3)c3ccc(C(=O)OC(C)(C)C)cc3)ccc12. The van der Waals surface area contributed by atoms with Crippen LogP contribution in [0.5, 0.6) is 0 Å². The number of aromatic nitrogens is 3. The summed E-state index contributed by atoms with van der Waals surface area (Å²) in [5.41, 5.74) is 5.56. The Morgan fingerprint density at radius 2 is 1.78 bits per heavy atom. The summed E-state index contributed by atoms with van der Waals surface area (Å²) in [6, 6.07) is 18.9. The predicted molar refractivity (Wildman–Crippen MR) is 148 cm³/mol. The standard InChI is InChI=1S/C31H36N4O2/c1-5-28-27-17-16-26(19-29(27)35(33-28)25-10-6-7-11-25)34(21-22-9-8-18-32-20-22)24-14-12-23(13-15-24)30(36)37-31(2,3)4/h8-9,12-20,25H,5-7,10-11,21H2,1-4H3. The number of anilines is 2. The molecule has 192 valence electrons. The fourth-order valence-corrected chi connectivity index (χ4v) is 5.17. The van der Waals surface area contributed by atoms with Gasteiger partial charge in [-0.1, -0.05) is 25.8 Å². The predicted octanol–water partition coefficient (Wildman–Crippen LogP) is 7.40. The van der Waals surface area contributed by atoms with Gasteiger partial charge >= 0.3 is 5.97 Å². The molecule has 4 aromatic rings. The Bertz CT molecular complexity index is 1360. The summed E-state index contributed by atoms with van der Waals surface area (Å²) in [6.07, 6.45) is 9.53. The number of esters is 1. The molecule has 0 bridgehead atoms. The smallest absolute Gasteiger partial charge is 0.338 e. The van der Waals surface area contributed by atoms with Crippen LogP contribution in [0.25, 0.3) is 10.9 Å². The monoisotopic (exact) mass is 496 g/mol. The second-order valence-electron chi connectivity index (χ2n) is 10.9. The molecule has 6 heteroatoms. The van der Waals surface area contributed by atoms with E-state index in [-0.39, 0.29) is 5.97 Å². The van der Waals surface area contributed by atoms with Crippen LogP contribution in [0.2, 0.25) is 0 Å². The summed E-state index contributed by atoms with van der Waals surface area (Å²) < 4.78 is 7.83. The summed E-state index contributed by atoms with van der Waals surface area (Å²) in [5, 5.41) is 6.28. The van der Waals surface area contributed by atoms with E-state index < -0.39 is 5.60 Å². The van der Waals surface area contributed by atoms with Crippen molar-refractivity contribution in [2.75, 3.05) is 4.90 Å². The Balaban J connectivity index is 1.54. The van der Waals surface area contributed by atoms with Crippen molar-refractivity contribution in [3.8, 4) is 0 Å². The summed E-state index contributed by atoms with van der Waals surface area (Å²) in [5.74, 6) is -0.313. The summed E-state index contributed by atoms with van der Waals surface area (Å²) in [4.78, 5) is 19.2. The fraction of sp³-hybridized carbons (Fsp3) is 0.387. The zero-order valence-electron chi connectivity index (χ0n) is 22.3. The number of pyridine rings is 1. The molecule has 2 heterocycles. The van der Waals surface area contributed by atoms with Crippen molar-refractivity contribution in [3.05, 3.63) is 83.8 Å². The van der Waals surface area contributed by atoms with E-state index in [0.29, 0.717) is 18.2 Å². The lowest BCUT2D eigenvalue weighted by atomic mass is 10.1. The Morgan fingerprint density at radius 1 is 1.05 bits per heavy atom. The van der Waals surface area contributed by atoms with Crippen LogP contribution in [0, 0.1) is 0 Å². The summed E-state index contributed by atoms with van der Waals surface area (Å²) in [7, 11) is 0. The first-order valence-electron chi connectivity index (χ1n) is 13.3. The maximum atomic E-state index is 12.6. The number of hydrogen-bond acceptors (Lipinski definition) is 5. The van der Waals surface area contributed by atoms with Crippen LogP contribution in [0.15, 0.2) is 67.0 Å². The molecular formula is C31H36N4O2. The average Bonchev–Trinajstić information content (AvgIpc) is 3.54. The first kappa shape index (κ1) is 25.0. The molecule has 0 atom stereocenters. The van der Waals surface area contributed by atoms with Crippen LogP contribution in [0.4, 0.5) is 11.4 Å². The Hall–Kier alpha value is -3.67. The number of hydrogen-bond donors (Lipinski definition) is 0. The van der Waals surface area contributed by atoms with Crippen molar-refractivity contribution in [1.82, 2.24) is 14.8 Å². The van der Waals surface area contributed by atoms with Crippen molar-refractivity contribution >= 4 is 28.2 Å². The quantitative estimate of drug-likeness (QED) is 0.249. The normalized spacial score (nSPS) is 14.3. The van der Waals surface area contributed by atoms with E-state index in [1.54, 1.807) is 6.20 Å². The van der Waals surface area contributed by atoms with Gasteiger partial charge < -0.3 is 9.64 Å². The van der Waals surface area contributed by atoms with Gasteiger partial charge in [-0.05, 0) is 94.1 Å². The minimum absolute atomic E-state index is 0.313. The maximum absolute atomic E-state index is 12.6. The second kappa shape index (κ2) is 10.4. The highest BCUT2D eigenvalue weighted by Crippen LogP contribution is 2.36. The molecule has 1 aliphatic carbocycles. The zero-order valence-corrected chi connectivity index (χ0v) is 22.3. The molecule has 2 aromatic heterocycles. The van der Waals surface area contributed by atoms with Crippen LogP contribution in [0.1, 0.15) is 81.0 Å². The Morgan fingerprint density at radius 3 is 2.43 bits per heavy atom. The number of fused-ring (bicyclic) bond motifs is 1. The van der Waals surface area contributed by atoms with Gasteiger partial charge in [0.15, 0.2) is 0 Å². The molecule has 6 nitrogen and oxygen atoms in total. The van der Waals surface area contributed by atoms with Crippen LogP contribution in [-0.2, 0) is 17.7 Å². The van der Waals surface area contributed by atoms with Crippen LogP contribution in [0.3, 0.4) is 0 Å². The van der Waals surface area contributed by atoms with E-state index in [2.05, 4.69) is 45.8 Å². The molecule has 5 rings (SSSR count). The van der Waals surface area contributed by atoms with Crippen LogP contribution < -0.4 is 4.90 Å². The number of nitrogens with zero attached hydrogens (tertiary/aromatic N) is 4. The molecule has 0 N–H and O–H groups in total. The van der Waals surface area contributed by atoms with Gasteiger partial charge in [-0.25, -0.2) is 4.79 Å². The lowest BCUT2D eigenvalue weighted by molar-refractivity contribution is 0.00695. The lowest BCUT2D eigenvalue weighted by Gasteiger charge is -2.26. The minimum Gasteiger partial charge on any atom is -0.456 e. The van der Waals surface area contributed by atoms with Crippen molar-refractivity contribution in [3.63, 3.8) is 0 Å². The molecule has 0 saturated heterocycles. The van der Waals surface area contributed by atoms with Crippen LogP contribution in [-0.4, -0.2) is 26.3 Å². The van der Waals surface area contributed by atoms with Crippen molar-refractivity contribution < 1.29 is 9.53 Å². The van der Waals surface area contributed by atoms with Gasteiger partial charge in [-0.2, -0.15) is 5.10 Å². The van der Waals surface area contributed by atoms with E-state index in [4.69, 9.17) is 9.84 Å². The summed E-state index contributed by atoms with van der Waals surface area (Å²) in [6.45, 7) is 8.47.